The molecule has 1 N–H and O–H groups in total. The van der Waals surface area contributed by atoms with Crippen molar-refractivity contribution in [1.82, 2.24) is 20.0 Å². The number of nitrogens with zero attached hydrogens (tertiary/aromatic N) is 3. The van der Waals surface area contributed by atoms with Crippen molar-refractivity contribution < 1.29 is 9.53 Å². The van der Waals surface area contributed by atoms with Crippen LogP contribution in [0.2, 0.25) is 0 Å². The maximum Gasteiger partial charge on any atom is 0.317 e. The Hall–Kier alpha value is -0.850. The molecule has 6 nitrogen and oxygen atoms in total. The molecule has 0 saturated carbocycles. The van der Waals surface area contributed by atoms with E-state index in [1.165, 1.54) is 0 Å². The van der Waals surface area contributed by atoms with Crippen molar-refractivity contribution in [2.45, 2.75) is 19.9 Å². The number of piperazine rings is 1. The van der Waals surface area contributed by atoms with E-state index in [2.05, 4.69) is 36.0 Å². The van der Waals surface area contributed by atoms with Gasteiger partial charge in [-0.2, -0.15) is 0 Å². The maximum atomic E-state index is 12.2. The zero-order valence-electron chi connectivity index (χ0n) is 13.7. The fraction of sp³-hybridized carbons (Fsp3) is 0.933. The van der Waals surface area contributed by atoms with Crippen LogP contribution < -0.4 is 5.32 Å². The van der Waals surface area contributed by atoms with Gasteiger partial charge in [-0.15, -0.1) is 0 Å². The first-order valence-electron chi connectivity index (χ1n) is 8.11. The predicted octanol–water partition coefficient (Wildman–Crippen LogP) is 0.300. The fourth-order valence-corrected chi connectivity index (χ4v) is 3.01. The van der Waals surface area contributed by atoms with E-state index in [4.69, 9.17) is 4.74 Å². The van der Waals surface area contributed by atoms with Crippen molar-refractivity contribution in [2.75, 3.05) is 66.1 Å². The molecule has 2 fully saturated rings. The second-order valence-corrected chi connectivity index (χ2v) is 6.44. The molecule has 2 saturated heterocycles. The molecule has 1 unspecified atom stereocenters. The van der Waals surface area contributed by atoms with E-state index in [1.807, 2.05) is 4.90 Å². The Labute approximate surface area is 128 Å². The van der Waals surface area contributed by atoms with Gasteiger partial charge >= 0.3 is 6.03 Å². The average molecular weight is 298 g/mol. The van der Waals surface area contributed by atoms with Gasteiger partial charge in [0.15, 0.2) is 0 Å². The molecule has 0 aromatic heterocycles. The molecule has 0 radical (unpaired) electrons. The van der Waals surface area contributed by atoms with Gasteiger partial charge in [-0.1, -0.05) is 13.8 Å². The quantitative estimate of drug-likeness (QED) is 0.811. The van der Waals surface area contributed by atoms with Crippen LogP contribution in [0.25, 0.3) is 0 Å². The van der Waals surface area contributed by atoms with Gasteiger partial charge in [0.05, 0.1) is 13.2 Å². The lowest BCUT2D eigenvalue weighted by Crippen LogP contribution is -2.55. The van der Waals surface area contributed by atoms with Gasteiger partial charge in [-0.25, -0.2) is 4.79 Å². The Bertz CT molecular complexity index is 324. The van der Waals surface area contributed by atoms with Crippen LogP contribution >= 0.6 is 0 Å². The fourth-order valence-electron chi connectivity index (χ4n) is 3.01. The van der Waals surface area contributed by atoms with Gasteiger partial charge in [0.1, 0.15) is 0 Å². The number of hydrogen-bond acceptors (Lipinski definition) is 4. The summed E-state index contributed by atoms with van der Waals surface area (Å²) in [7, 11) is 2.17. The van der Waals surface area contributed by atoms with E-state index in [0.29, 0.717) is 38.3 Å². The molecule has 0 aromatic carbocycles. The molecular formula is C15H30N4O2. The van der Waals surface area contributed by atoms with E-state index in [-0.39, 0.29) is 6.03 Å². The largest absolute Gasteiger partial charge is 0.378 e. The first kappa shape index (κ1) is 16.5. The lowest BCUT2D eigenvalue weighted by molar-refractivity contribution is 0.0510. The number of rotatable bonds is 4. The highest BCUT2D eigenvalue weighted by atomic mass is 16.5. The predicted molar refractivity (Wildman–Crippen MR) is 83.5 cm³/mol. The molecule has 2 heterocycles. The van der Waals surface area contributed by atoms with E-state index < -0.39 is 0 Å². The minimum atomic E-state index is 0.0538. The van der Waals surface area contributed by atoms with E-state index in [1.54, 1.807) is 0 Å². The molecule has 2 amide bonds. The number of hydrogen-bond donors (Lipinski definition) is 1. The van der Waals surface area contributed by atoms with Gasteiger partial charge < -0.3 is 19.9 Å². The van der Waals surface area contributed by atoms with Crippen LogP contribution in [-0.2, 0) is 4.74 Å². The Balaban J connectivity index is 1.80. The van der Waals surface area contributed by atoms with Gasteiger partial charge in [0.25, 0.3) is 0 Å². The number of urea groups is 1. The summed E-state index contributed by atoms with van der Waals surface area (Å²) in [5.41, 5.74) is 0. The molecule has 1 atom stereocenters. The number of likely N-dealkylation sites (N-methyl/N-ethyl adjacent to an activating group) is 1. The summed E-state index contributed by atoms with van der Waals surface area (Å²) in [6.07, 6.45) is 0. The molecule has 6 heteroatoms. The highest BCUT2D eigenvalue weighted by molar-refractivity contribution is 5.74. The van der Waals surface area contributed by atoms with Crippen molar-refractivity contribution in [3.63, 3.8) is 0 Å². The molecule has 0 spiro atoms. The van der Waals surface area contributed by atoms with Crippen molar-refractivity contribution >= 4 is 6.03 Å². The number of ether oxygens (including phenoxy) is 1. The average Bonchev–Trinajstić information content (AvgIpc) is 2.49. The Kier molecular flexibility index (Phi) is 6.26. The minimum Gasteiger partial charge on any atom is -0.378 e. The lowest BCUT2D eigenvalue weighted by Gasteiger charge is -2.40. The highest BCUT2D eigenvalue weighted by Crippen LogP contribution is 2.13. The first-order chi connectivity index (χ1) is 10.1. The Morgan fingerprint density at radius 2 is 1.71 bits per heavy atom. The van der Waals surface area contributed by atoms with Crippen LogP contribution in [0, 0.1) is 5.92 Å². The van der Waals surface area contributed by atoms with Crippen LogP contribution in [0.5, 0.6) is 0 Å². The summed E-state index contributed by atoms with van der Waals surface area (Å²) < 4.78 is 5.28. The molecule has 0 aliphatic carbocycles. The number of carbonyl (C=O) groups excluding carboxylic acids is 1. The van der Waals surface area contributed by atoms with Crippen LogP contribution in [0.3, 0.4) is 0 Å². The van der Waals surface area contributed by atoms with Crippen molar-refractivity contribution in [3.05, 3.63) is 0 Å². The number of carbonyl (C=O) groups is 1. The summed E-state index contributed by atoms with van der Waals surface area (Å²) in [5.74, 6) is 0.540. The van der Waals surface area contributed by atoms with Gasteiger partial charge in [0, 0.05) is 51.9 Å². The van der Waals surface area contributed by atoms with Crippen molar-refractivity contribution in [2.24, 2.45) is 5.92 Å². The minimum absolute atomic E-state index is 0.0538. The molecule has 2 rings (SSSR count). The molecule has 2 aliphatic heterocycles. The van der Waals surface area contributed by atoms with E-state index in [0.717, 1.165) is 32.7 Å². The SMILES string of the molecule is CC(C)C(CNC(=O)N1CCOCC1)N1CCN(C)CC1. The summed E-state index contributed by atoms with van der Waals surface area (Å²) in [4.78, 5) is 18.9. The number of morpholine rings is 1. The van der Waals surface area contributed by atoms with Crippen molar-refractivity contribution in [3.8, 4) is 0 Å². The van der Waals surface area contributed by atoms with Gasteiger partial charge in [-0.3, -0.25) is 4.90 Å². The second-order valence-electron chi connectivity index (χ2n) is 6.44. The van der Waals surface area contributed by atoms with Crippen molar-refractivity contribution in [1.29, 1.82) is 0 Å². The summed E-state index contributed by atoms with van der Waals surface area (Å²) >= 11 is 0. The molecule has 0 bridgehead atoms. The third kappa shape index (κ3) is 4.83. The lowest BCUT2D eigenvalue weighted by atomic mass is 10.0. The third-order valence-electron chi connectivity index (χ3n) is 4.54. The number of nitrogens with one attached hydrogen (secondary N) is 1. The summed E-state index contributed by atoms with van der Waals surface area (Å²) in [6.45, 7) is 12.3. The van der Waals surface area contributed by atoms with Crippen LogP contribution in [0.1, 0.15) is 13.8 Å². The topological polar surface area (TPSA) is 48.1 Å². The molecular weight excluding hydrogens is 268 g/mol. The highest BCUT2D eigenvalue weighted by Gasteiger charge is 2.26. The maximum absolute atomic E-state index is 12.2. The normalized spacial score (nSPS) is 23.3. The molecule has 2 aliphatic rings. The van der Waals surface area contributed by atoms with Gasteiger partial charge in [-0.05, 0) is 13.0 Å². The zero-order chi connectivity index (χ0) is 15.2. The zero-order valence-corrected chi connectivity index (χ0v) is 13.7. The van der Waals surface area contributed by atoms with Gasteiger partial charge in [0.2, 0.25) is 0 Å². The Morgan fingerprint density at radius 1 is 1.10 bits per heavy atom. The Morgan fingerprint density at radius 3 is 2.29 bits per heavy atom. The van der Waals surface area contributed by atoms with E-state index >= 15 is 0 Å². The first-order valence-corrected chi connectivity index (χ1v) is 8.11. The van der Waals surface area contributed by atoms with Crippen LogP contribution in [0.4, 0.5) is 4.79 Å². The third-order valence-corrected chi connectivity index (χ3v) is 4.54. The standard InChI is InChI=1S/C15H30N4O2/c1-13(2)14(18-6-4-17(3)5-7-18)12-16-15(20)19-8-10-21-11-9-19/h13-14H,4-12H2,1-3H3,(H,16,20). The summed E-state index contributed by atoms with van der Waals surface area (Å²) in [6, 6.07) is 0.474. The smallest absolute Gasteiger partial charge is 0.317 e. The summed E-state index contributed by atoms with van der Waals surface area (Å²) in [5, 5.41) is 3.12. The molecule has 21 heavy (non-hydrogen) atoms. The number of amides is 2. The molecule has 0 aromatic rings. The van der Waals surface area contributed by atoms with E-state index in [9.17, 15) is 4.79 Å². The van der Waals surface area contributed by atoms with Crippen LogP contribution in [-0.4, -0.2) is 92.8 Å². The van der Waals surface area contributed by atoms with Crippen LogP contribution in [0.15, 0.2) is 0 Å². The monoisotopic (exact) mass is 298 g/mol. The molecule has 122 valence electrons. The second kappa shape index (κ2) is 7.96.